The highest BCUT2D eigenvalue weighted by Crippen LogP contribution is 2.38. The molecule has 1 unspecified atom stereocenters. The lowest BCUT2D eigenvalue weighted by Gasteiger charge is -2.48. The Morgan fingerprint density at radius 3 is 2.39 bits per heavy atom. The van der Waals surface area contributed by atoms with E-state index in [4.69, 9.17) is 5.73 Å². The SMILES string of the molecule is CN(C)C1(C(N)C2=CCCCCC2)CCCCC1. The first-order valence-corrected chi connectivity index (χ1v) is 7.79. The zero-order valence-electron chi connectivity index (χ0n) is 12.3. The molecule has 2 aliphatic carbocycles. The van der Waals surface area contributed by atoms with E-state index in [-0.39, 0.29) is 11.6 Å². The van der Waals surface area contributed by atoms with Crippen LogP contribution in [0.4, 0.5) is 0 Å². The van der Waals surface area contributed by atoms with Crippen molar-refractivity contribution in [1.29, 1.82) is 0 Å². The fourth-order valence-electron chi connectivity index (χ4n) is 3.87. The number of rotatable bonds is 3. The molecule has 2 heteroatoms. The maximum absolute atomic E-state index is 6.72. The van der Waals surface area contributed by atoms with Crippen LogP contribution < -0.4 is 5.73 Å². The molecule has 2 aliphatic rings. The topological polar surface area (TPSA) is 29.3 Å². The highest BCUT2D eigenvalue weighted by Gasteiger charge is 2.41. The number of likely N-dealkylation sites (N-methyl/N-ethyl adjacent to an activating group) is 1. The van der Waals surface area contributed by atoms with Crippen LogP contribution in [-0.4, -0.2) is 30.6 Å². The molecule has 0 heterocycles. The molecule has 0 bridgehead atoms. The first-order valence-electron chi connectivity index (χ1n) is 7.79. The van der Waals surface area contributed by atoms with E-state index in [0.29, 0.717) is 0 Å². The van der Waals surface area contributed by atoms with Crippen LogP contribution in [0.3, 0.4) is 0 Å². The van der Waals surface area contributed by atoms with Crippen LogP contribution in [0.1, 0.15) is 64.2 Å². The second kappa shape index (κ2) is 6.21. The summed E-state index contributed by atoms with van der Waals surface area (Å²) in [5.74, 6) is 0. The largest absolute Gasteiger partial charge is 0.323 e. The Labute approximate surface area is 113 Å². The zero-order valence-corrected chi connectivity index (χ0v) is 12.3. The molecule has 2 nitrogen and oxygen atoms in total. The summed E-state index contributed by atoms with van der Waals surface area (Å²) >= 11 is 0. The number of hydrogen-bond donors (Lipinski definition) is 1. The van der Waals surface area contributed by atoms with Gasteiger partial charge in [-0.1, -0.05) is 37.3 Å². The molecular formula is C16H30N2. The molecule has 104 valence electrons. The van der Waals surface area contributed by atoms with Crippen molar-refractivity contribution in [1.82, 2.24) is 4.90 Å². The van der Waals surface area contributed by atoms with Gasteiger partial charge in [-0.2, -0.15) is 0 Å². The third kappa shape index (κ3) is 2.80. The lowest BCUT2D eigenvalue weighted by molar-refractivity contribution is 0.0819. The normalized spacial score (nSPS) is 26.6. The van der Waals surface area contributed by atoms with Gasteiger partial charge in [0.2, 0.25) is 0 Å². The molecule has 2 rings (SSSR count). The summed E-state index contributed by atoms with van der Waals surface area (Å²) in [6.07, 6.45) is 15.6. The highest BCUT2D eigenvalue weighted by molar-refractivity contribution is 5.20. The van der Waals surface area contributed by atoms with E-state index in [0.717, 1.165) is 0 Å². The Balaban J connectivity index is 2.16. The van der Waals surface area contributed by atoms with Crippen molar-refractivity contribution in [3.05, 3.63) is 11.6 Å². The van der Waals surface area contributed by atoms with Crippen LogP contribution >= 0.6 is 0 Å². The molecule has 0 saturated heterocycles. The molecule has 0 aromatic carbocycles. The minimum absolute atomic E-state index is 0.231. The lowest BCUT2D eigenvalue weighted by Crippen LogP contribution is -2.59. The second-order valence-electron chi connectivity index (χ2n) is 6.41. The van der Waals surface area contributed by atoms with Crippen LogP contribution in [-0.2, 0) is 0 Å². The van der Waals surface area contributed by atoms with Crippen LogP contribution in [0, 0.1) is 0 Å². The molecule has 0 aliphatic heterocycles. The van der Waals surface area contributed by atoms with Crippen molar-refractivity contribution in [2.45, 2.75) is 75.8 Å². The highest BCUT2D eigenvalue weighted by atomic mass is 15.2. The fourth-order valence-corrected chi connectivity index (χ4v) is 3.87. The van der Waals surface area contributed by atoms with Crippen LogP contribution in [0.5, 0.6) is 0 Å². The second-order valence-corrected chi connectivity index (χ2v) is 6.41. The summed E-state index contributed by atoms with van der Waals surface area (Å²) in [5, 5.41) is 0. The number of nitrogens with zero attached hydrogens (tertiary/aromatic N) is 1. The van der Waals surface area contributed by atoms with Gasteiger partial charge in [0.1, 0.15) is 0 Å². The van der Waals surface area contributed by atoms with Crippen molar-refractivity contribution in [3.8, 4) is 0 Å². The van der Waals surface area contributed by atoms with Crippen LogP contribution in [0.15, 0.2) is 11.6 Å². The average Bonchev–Trinajstić information content (AvgIpc) is 2.67. The van der Waals surface area contributed by atoms with Crippen molar-refractivity contribution in [3.63, 3.8) is 0 Å². The average molecular weight is 250 g/mol. The zero-order chi connectivity index (χ0) is 13.0. The molecule has 0 radical (unpaired) electrons. The van der Waals surface area contributed by atoms with E-state index in [1.807, 2.05) is 0 Å². The standard InChI is InChI=1S/C16H30N2/c1-18(2)16(12-8-5-9-13-16)15(17)14-10-6-3-4-7-11-14/h10,15H,3-9,11-13,17H2,1-2H3. The first kappa shape index (κ1) is 14.1. The van der Waals surface area contributed by atoms with Crippen molar-refractivity contribution in [2.24, 2.45) is 5.73 Å². The van der Waals surface area contributed by atoms with Gasteiger partial charge in [-0.15, -0.1) is 0 Å². The molecule has 18 heavy (non-hydrogen) atoms. The van der Waals surface area contributed by atoms with E-state index in [1.54, 1.807) is 5.57 Å². The molecule has 0 aromatic heterocycles. The fraction of sp³-hybridized carbons (Fsp3) is 0.875. The Morgan fingerprint density at radius 2 is 1.72 bits per heavy atom. The summed E-state index contributed by atoms with van der Waals surface area (Å²) in [5.41, 5.74) is 8.49. The molecule has 1 saturated carbocycles. The summed E-state index contributed by atoms with van der Waals surface area (Å²) in [6.45, 7) is 0. The molecule has 2 N–H and O–H groups in total. The predicted octanol–water partition coefficient (Wildman–Crippen LogP) is 3.47. The van der Waals surface area contributed by atoms with Gasteiger partial charge < -0.3 is 10.6 Å². The van der Waals surface area contributed by atoms with Crippen LogP contribution in [0.25, 0.3) is 0 Å². The Hall–Kier alpha value is -0.340. The Morgan fingerprint density at radius 1 is 1.06 bits per heavy atom. The monoisotopic (exact) mass is 250 g/mol. The predicted molar refractivity (Wildman–Crippen MR) is 78.6 cm³/mol. The molecule has 0 spiro atoms. The van der Waals surface area contributed by atoms with E-state index < -0.39 is 0 Å². The minimum Gasteiger partial charge on any atom is -0.323 e. The number of allylic oxidation sites excluding steroid dienone is 1. The van der Waals surface area contributed by atoms with E-state index in [1.165, 1.54) is 64.2 Å². The number of nitrogens with two attached hydrogens (primary N) is 1. The summed E-state index contributed by atoms with van der Waals surface area (Å²) in [6, 6.07) is 0.255. The molecule has 0 aromatic rings. The molecule has 0 amide bonds. The maximum atomic E-state index is 6.72. The third-order valence-electron chi connectivity index (χ3n) is 5.16. The van der Waals surface area contributed by atoms with Gasteiger partial charge in [0.25, 0.3) is 0 Å². The number of hydrogen-bond acceptors (Lipinski definition) is 2. The Kier molecular flexibility index (Phi) is 4.85. The quantitative estimate of drug-likeness (QED) is 0.777. The molecule has 1 fully saturated rings. The minimum atomic E-state index is 0.231. The van der Waals surface area contributed by atoms with E-state index in [9.17, 15) is 0 Å². The lowest BCUT2D eigenvalue weighted by atomic mass is 9.72. The van der Waals surface area contributed by atoms with Crippen molar-refractivity contribution < 1.29 is 0 Å². The third-order valence-corrected chi connectivity index (χ3v) is 5.16. The smallest absolute Gasteiger partial charge is 0.0441 e. The van der Waals surface area contributed by atoms with Gasteiger partial charge in [0, 0.05) is 11.6 Å². The van der Waals surface area contributed by atoms with E-state index in [2.05, 4.69) is 25.1 Å². The molecular weight excluding hydrogens is 220 g/mol. The summed E-state index contributed by atoms with van der Waals surface area (Å²) in [4.78, 5) is 2.42. The van der Waals surface area contributed by atoms with Gasteiger partial charge in [-0.25, -0.2) is 0 Å². The Bertz CT molecular complexity index is 287. The van der Waals surface area contributed by atoms with Gasteiger partial charge in [-0.3, -0.25) is 0 Å². The van der Waals surface area contributed by atoms with Crippen molar-refractivity contribution in [2.75, 3.05) is 14.1 Å². The van der Waals surface area contributed by atoms with E-state index >= 15 is 0 Å². The van der Waals surface area contributed by atoms with Gasteiger partial charge in [0.15, 0.2) is 0 Å². The van der Waals surface area contributed by atoms with Gasteiger partial charge in [0.05, 0.1) is 0 Å². The van der Waals surface area contributed by atoms with Crippen LogP contribution in [0.2, 0.25) is 0 Å². The first-order chi connectivity index (χ1) is 8.67. The van der Waals surface area contributed by atoms with Gasteiger partial charge in [-0.05, 0) is 52.6 Å². The van der Waals surface area contributed by atoms with Gasteiger partial charge >= 0.3 is 0 Å². The molecule has 1 atom stereocenters. The van der Waals surface area contributed by atoms with Crippen molar-refractivity contribution >= 4 is 0 Å². The summed E-state index contributed by atoms with van der Waals surface area (Å²) < 4.78 is 0. The maximum Gasteiger partial charge on any atom is 0.0441 e. The summed E-state index contributed by atoms with van der Waals surface area (Å²) in [7, 11) is 4.45.